The molecule has 0 amide bonds. The van der Waals surface area contributed by atoms with E-state index in [-0.39, 0.29) is 5.69 Å². The molecule has 1 aliphatic rings. The second-order valence-corrected chi connectivity index (χ2v) is 5.60. The highest BCUT2D eigenvalue weighted by Gasteiger charge is 2.12. The monoisotopic (exact) mass is 333 g/mol. The molecule has 0 unspecified atom stereocenters. The standard InChI is InChI=1S/C16H16ClN3O3/c17-15-11-14(20(21)22)5-6-16(15)18-12-1-3-13(4-2-12)19-7-9-23-10-8-19/h1-6,11,18H,7-10H2. The summed E-state index contributed by atoms with van der Waals surface area (Å²) in [6, 6.07) is 12.4. The smallest absolute Gasteiger partial charge is 0.271 e. The third-order valence-electron chi connectivity index (χ3n) is 3.69. The molecule has 0 spiro atoms. The van der Waals surface area contributed by atoms with Crippen molar-refractivity contribution in [2.75, 3.05) is 36.5 Å². The van der Waals surface area contributed by atoms with Crippen molar-refractivity contribution >= 4 is 34.4 Å². The number of benzene rings is 2. The van der Waals surface area contributed by atoms with Gasteiger partial charge in [-0.05, 0) is 30.3 Å². The second kappa shape index (κ2) is 6.85. The Hall–Kier alpha value is -2.31. The van der Waals surface area contributed by atoms with Gasteiger partial charge in [-0.2, -0.15) is 0 Å². The number of nitro benzene ring substituents is 1. The zero-order valence-electron chi connectivity index (χ0n) is 12.4. The summed E-state index contributed by atoms with van der Waals surface area (Å²) in [5.74, 6) is 0. The second-order valence-electron chi connectivity index (χ2n) is 5.19. The molecule has 120 valence electrons. The molecule has 1 saturated heterocycles. The molecule has 2 aromatic rings. The lowest BCUT2D eigenvalue weighted by atomic mass is 10.2. The Labute approximate surface area is 138 Å². The highest BCUT2D eigenvalue weighted by molar-refractivity contribution is 6.33. The summed E-state index contributed by atoms with van der Waals surface area (Å²) in [4.78, 5) is 12.5. The molecule has 0 saturated carbocycles. The van der Waals surface area contributed by atoms with Crippen molar-refractivity contribution in [2.24, 2.45) is 0 Å². The highest BCUT2D eigenvalue weighted by Crippen LogP contribution is 2.30. The van der Waals surface area contributed by atoms with Crippen molar-refractivity contribution < 1.29 is 9.66 Å². The Balaban J connectivity index is 1.72. The molecular weight excluding hydrogens is 318 g/mol. The van der Waals surface area contributed by atoms with Crippen LogP contribution >= 0.6 is 11.6 Å². The maximum atomic E-state index is 10.7. The molecule has 7 heteroatoms. The van der Waals surface area contributed by atoms with Gasteiger partial charge >= 0.3 is 0 Å². The normalized spacial score (nSPS) is 14.6. The van der Waals surface area contributed by atoms with Crippen LogP contribution in [0.1, 0.15) is 0 Å². The van der Waals surface area contributed by atoms with Gasteiger partial charge in [-0.3, -0.25) is 10.1 Å². The number of anilines is 3. The number of rotatable bonds is 4. The van der Waals surface area contributed by atoms with Crippen LogP contribution in [0.5, 0.6) is 0 Å². The van der Waals surface area contributed by atoms with Crippen molar-refractivity contribution in [1.82, 2.24) is 0 Å². The van der Waals surface area contributed by atoms with E-state index in [4.69, 9.17) is 16.3 Å². The van der Waals surface area contributed by atoms with Crippen molar-refractivity contribution in [3.05, 3.63) is 57.6 Å². The maximum absolute atomic E-state index is 10.7. The van der Waals surface area contributed by atoms with E-state index in [1.807, 2.05) is 24.3 Å². The van der Waals surface area contributed by atoms with Crippen LogP contribution in [0, 0.1) is 10.1 Å². The van der Waals surface area contributed by atoms with Gasteiger partial charge in [0, 0.05) is 36.6 Å². The largest absolute Gasteiger partial charge is 0.378 e. The first-order valence-corrected chi connectivity index (χ1v) is 7.65. The fraction of sp³-hybridized carbons (Fsp3) is 0.250. The molecular formula is C16H16ClN3O3. The quantitative estimate of drug-likeness (QED) is 0.680. The Morgan fingerprint density at radius 1 is 1.13 bits per heavy atom. The molecule has 0 aliphatic carbocycles. The van der Waals surface area contributed by atoms with Crippen molar-refractivity contribution in [3.8, 4) is 0 Å². The van der Waals surface area contributed by atoms with Crippen LogP contribution in [-0.2, 0) is 4.74 Å². The molecule has 1 heterocycles. The average Bonchev–Trinajstić information content (AvgIpc) is 2.58. The molecule has 0 bridgehead atoms. The Morgan fingerprint density at radius 2 is 1.83 bits per heavy atom. The molecule has 1 fully saturated rings. The zero-order chi connectivity index (χ0) is 16.2. The number of morpholine rings is 1. The van der Waals surface area contributed by atoms with E-state index < -0.39 is 4.92 Å². The van der Waals surface area contributed by atoms with E-state index in [2.05, 4.69) is 10.2 Å². The number of nitrogens with zero attached hydrogens (tertiary/aromatic N) is 2. The van der Waals surface area contributed by atoms with Gasteiger partial charge in [0.1, 0.15) is 0 Å². The molecule has 2 aromatic carbocycles. The summed E-state index contributed by atoms with van der Waals surface area (Å²) in [5.41, 5.74) is 2.63. The molecule has 3 rings (SSSR count). The number of hydrogen-bond acceptors (Lipinski definition) is 5. The lowest BCUT2D eigenvalue weighted by Crippen LogP contribution is -2.36. The van der Waals surface area contributed by atoms with E-state index in [0.717, 1.165) is 37.7 Å². The predicted octanol–water partition coefficient (Wildman–Crippen LogP) is 3.83. The van der Waals surface area contributed by atoms with Crippen molar-refractivity contribution in [3.63, 3.8) is 0 Å². The van der Waals surface area contributed by atoms with Crippen LogP contribution in [0.15, 0.2) is 42.5 Å². The third kappa shape index (κ3) is 3.72. The Kier molecular flexibility index (Phi) is 4.64. The van der Waals surface area contributed by atoms with Crippen LogP contribution < -0.4 is 10.2 Å². The van der Waals surface area contributed by atoms with E-state index in [1.54, 1.807) is 6.07 Å². The van der Waals surface area contributed by atoms with Crippen molar-refractivity contribution in [2.45, 2.75) is 0 Å². The third-order valence-corrected chi connectivity index (χ3v) is 4.00. The fourth-order valence-corrected chi connectivity index (χ4v) is 2.67. The zero-order valence-corrected chi connectivity index (χ0v) is 13.1. The van der Waals surface area contributed by atoms with Crippen LogP contribution in [0.25, 0.3) is 0 Å². The molecule has 1 N–H and O–H groups in total. The van der Waals surface area contributed by atoms with Gasteiger partial charge in [-0.1, -0.05) is 11.6 Å². The maximum Gasteiger partial charge on any atom is 0.271 e. The molecule has 0 atom stereocenters. The molecule has 0 radical (unpaired) electrons. The summed E-state index contributed by atoms with van der Waals surface area (Å²) >= 11 is 6.09. The number of halogens is 1. The summed E-state index contributed by atoms with van der Waals surface area (Å²) in [6.07, 6.45) is 0. The number of hydrogen-bond donors (Lipinski definition) is 1. The van der Waals surface area contributed by atoms with Crippen LogP contribution in [-0.4, -0.2) is 31.2 Å². The Bertz CT molecular complexity index is 700. The average molecular weight is 334 g/mol. The summed E-state index contributed by atoms with van der Waals surface area (Å²) in [5, 5.41) is 14.2. The van der Waals surface area contributed by atoms with Gasteiger partial charge in [-0.15, -0.1) is 0 Å². The summed E-state index contributed by atoms with van der Waals surface area (Å²) in [7, 11) is 0. The minimum Gasteiger partial charge on any atom is -0.378 e. The lowest BCUT2D eigenvalue weighted by molar-refractivity contribution is -0.384. The minimum atomic E-state index is -0.465. The molecule has 23 heavy (non-hydrogen) atoms. The first kappa shape index (κ1) is 15.6. The van der Waals surface area contributed by atoms with Gasteiger partial charge in [-0.25, -0.2) is 0 Å². The SMILES string of the molecule is O=[N+]([O-])c1ccc(Nc2ccc(N3CCOCC3)cc2)c(Cl)c1. The summed E-state index contributed by atoms with van der Waals surface area (Å²) in [6.45, 7) is 3.28. The molecule has 6 nitrogen and oxygen atoms in total. The van der Waals surface area contributed by atoms with Crippen molar-refractivity contribution in [1.29, 1.82) is 0 Å². The molecule has 0 aromatic heterocycles. The first-order chi connectivity index (χ1) is 11.1. The predicted molar refractivity (Wildman–Crippen MR) is 90.9 cm³/mol. The first-order valence-electron chi connectivity index (χ1n) is 7.27. The van der Waals surface area contributed by atoms with E-state index in [1.165, 1.54) is 12.1 Å². The van der Waals surface area contributed by atoms with Crippen LogP contribution in [0.4, 0.5) is 22.7 Å². The highest BCUT2D eigenvalue weighted by atomic mass is 35.5. The topological polar surface area (TPSA) is 67.6 Å². The summed E-state index contributed by atoms with van der Waals surface area (Å²) < 4.78 is 5.35. The van der Waals surface area contributed by atoms with Gasteiger partial charge < -0.3 is 15.0 Å². The number of nitro groups is 1. The minimum absolute atomic E-state index is 0.0248. The van der Waals surface area contributed by atoms with Gasteiger partial charge in [0.2, 0.25) is 0 Å². The molecule has 1 aliphatic heterocycles. The number of nitrogens with one attached hydrogen (secondary N) is 1. The van der Waals surface area contributed by atoms with Crippen LogP contribution in [0.3, 0.4) is 0 Å². The lowest BCUT2D eigenvalue weighted by Gasteiger charge is -2.29. The van der Waals surface area contributed by atoms with E-state index >= 15 is 0 Å². The number of non-ortho nitro benzene ring substituents is 1. The van der Waals surface area contributed by atoms with Gasteiger partial charge in [0.05, 0.1) is 28.8 Å². The van der Waals surface area contributed by atoms with E-state index in [9.17, 15) is 10.1 Å². The van der Waals surface area contributed by atoms with Gasteiger partial charge in [0.15, 0.2) is 0 Å². The van der Waals surface area contributed by atoms with Gasteiger partial charge in [0.25, 0.3) is 5.69 Å². The van der Waals surface area contributed by atoms with Crippen LogP contribution in [0.2, 0.25) is 5.02 Å². The Morgan fingerprint density at radius 3 is 2.43 bits per heavy atom. The fourth-order valence-electron chi connectivity index (χ4n) is 2.45. The number of ether oxygens (including phenoxy) is 1. The van der Waals surface area contributed by atoms with E-state index in [0.29, 0.717) is 10.7 Å².